The molecule has 0 unspecified atom stereocenters. The molecule has 0 aliphatic rings. The normalized spacial score (nSPS) is 12.6. The molecule has 0 saturated carbocycles. The molecule has 0 fully saturated rings. The van der Waals surface area contributed by atoms with Crippen LogP contribution in [0.15, 0.2) is 29.2 Å². The summed E-state index contributed by atoms with van der Waals surface area (Å²) in [4.78, 5) is 0.806. The van der Waals surface area contributed by atoms with Crippen molar-refractivity contribution in [3.05, 3.63) is 24.3 Å². The molecule has 9 heteroatoms. The monoisotopic (exact) mass is 314 g/mol. The van der Waals surface area contributed by atoms with Gasteiger partial charge in [-0.05, 0) is 24.3 Å². The highest BCUT2D eigenvalue weighted by atomic mass is 32.2. The molecule has 0 bridgehead atoms. The fourth-order valence-corrected chi connectivity index (χ4v) is 3.40. The zero-order valence-electron chi connectivity index (χ0n) is 9.77. The Balaban J connectivity index is 2.37. The molecule has 1 aromatic carbocycles. The number of halogens is 3. The van der Waals surface area contributed by atoms with Crippen molar-refractivity contribution < 1.29 is 21.6 Å². The maximum Gasteiger partial charge on any atom is 0.402 e. The third-order valence-electron chi connectivity index (χ3n) is 1.99. The lowest BCUT2D eigenvalue weighted by molar-refractivity contribution is -0.121. The zero-order valence-corrected chi connectivity index (χ0v) is 11.4. The molecule has 0 amide bonds. The van der Waals surface area contributed by atoms with Gasteiger partial charge in [0.25, 0.3) is 0 Å². The van der Waals surface area contributed by atoms with E-state index in [1.54, 1.807) is 24.3 Å². The van der Waals surface area contributed by atoms with Crippen molar-refractivity contribution in [2.24, 2.45) is 0 Å². The van der Waals surface area contributed by atoms with Crippen molar-refractivity contribution in [2.45, 2.75) is 11.1 Å². The number of nitrogens with two attached hydrogens (primary N) is 1. The van der Waals surface area contributed by atoms with Gasteiger partial charge in [-0.1, -0.05) is 0 Å². The molecular weight excluding hydrogens is 301 g/mol. The smallest absolute Gasteiger partial charge is 0.399 e. The molecular formula is C10H13F3N2O2S2. The van der Waals surface area contributed by atoms with E-state index in [9.17, 15) is 21.6 Å². The van der Waals surface area contributed by atoms with E-state index in [4.69, 9.17) is 5.73 Å². The third kappa shape index (κ3) is 7.28. The number of rotatable bonds is 6. The first-order valence-electron chi connectivity index (χ1n) is 5.20. The highest BCUT2D eigenvalue weighted by molar-refractivity contribution is 8.00. The molecule has 4 nitrogen and oxygen atoms in total. The van der Waals surface area contributed by atoms with Gasteiger partial charge in [0, 0.05) is 16.3 Å². The minimum Gasteiger partial charge on any atom is -0.399 e. The first kappa shape index (κ1) is 16.1. The van der Waals surface area contributed by atoms with Crippen LogP contribution in [0.3, 0.4) is 0 Å². The van der Waals surface area contributed by atoms with Gasteiger partial charge in [-0.25, -0.2) is 13.1 Å². The van der Waals surface area contributed by atoms with E-state index < -0.39 is 22.7 Å². The van der Waals surface area contributed by atoms with E-state index in [2.05, 4.69) is 0 Å². The molecule has 0 aliphatic heterocycles. The van der Waals surface area contributed by atoms with E-state index in [0.717, 1.165) is 4.90 Å². The molecule has 0 atom stereocenters. The Kier molecular flexibility index (Phi) is 5.50. The molecule has 3 N–H and O–H groups in total. The molecule has 108 valence electrons. The lowest BCUT2D eigenvalue weighted by Gasteiger charge is -2.09. The Hall–Kier alpha value is -0.930. The van der Waals surface area contributed by atoms with Gasteiger partial charge in [-0.3, -0.25) is 0 Å². The molecule has 19 heavy (non-hydrogen) atoms. The second-order valence-electron chi connectivity index (χ2n) is 3.67. The maximum atomic E-state index is 11.9. The average molecular weight is 314 g/mol. The summed E-state index contributed by atoms with van der Waals surface area (Å²) in [5.41, 5.74) is 6.07. The molecule has 1 aromatic rings. The summed E-state index contributed by atoms with van der Waals surface area (Å²) < 4.78 is 59.7. The van der Waals surface area contributed by atoms with Crippen LogP contribution in [0.25, 0.3) is 0 Å². The zero-order chi connectivity index (χ0) is 14.5. The standard InChI is InChI=1S/C10H13F3N2O2S2/c11-10(12,13)7-15-19(16,17)6-5-18-9-3-1-8(14)2-4-9/h1-4,15H,5-7,14H2. The van der Waals surface area contributed by atoms with Crippen molar-refractivity contribution in [1.29, 1.82) is 0 Å². The highest BCUT2D eigenvalue weighted by Gasteiger charge is 2.29. The summed E-state index contributed by atoms with van der Waals surface area (Å²) in [6.45, 7) is -1.54. The molecule has 0 aromatic heterocycles. The number of alkyl halides is 3. The summed E-state index contributed by atoms with van der Waals surface area (Å²) in [5, 5.41) is 0. The summed E-state index contributed by atoms with van der Waals surface area (Å²) in [7, 11) is -3.91. The van der Waals surface area contributed by atoms with Crippen LogP contribution in [0.1, 0.15) is 0 Å². The molecule has 1 rings (SSSR count). The Bertz CT molecular complexity index is 501. The van der Waals surface area contributed by atoms with Gasteiger partial charge >= 0.3 is 6.18 Å². The number of thioether (sulfide) groups is 1. The predicted molar refractivity (Wildman–Crippen MR) is 69.4 cm³/mol. The first-order chi connectivity index (χ1) is 8.68. The van der Waals surface area contributed by atoms with E-state index >= 15 is 0 Å². The minimum atomic E-state index is -4.54. The predicted octanol–water partition coefficient (Wildman–Crippen LogP) is 1.84. The van der Waals surface area contributed by atoms with Crippen molar-refractivity contribution in [1.82, 2.24) is 4.72 Å². The van der Waals surface area contributed by atoms with Crippen LogP contribution < -0.4 is 10.5 Å². The van der Waals surface area contributed by atoms with Crippen LogP contribution in [0.4, 0.5) is 18.9 Å². The lowest BCUT2D eigenvalue weighted by Crippen LogP contribution is -2.35. The second-order valence-corrected chi connectivity index (χ2v) is 6.77. The van der Waals surface area contributed by atoms with Gasteiger partial charge in [0.2, 0.25) is 10.0 Å². The highest BCUT2D eigenvalue weighted by Crippen LogP contribution is 2.19. The van der Waals surface area contributed by atoms with Crippen molar-refractivity contribution in [2.75, 3.05) is 23.8 Å². The van der Waals surface area contributed by atoms with E-state index in [0.29, 0.717) is 5.69 Å². The van der Waals surface area contributed by atoms with Gasteiger partial charge in [-0.2, -0.15) is 13.2 Å². The topological polar surface area (TPSA) is 72.2 Å². The minimum absolute atomic E-state index is 0.164. The number of benzene rings is 1. The Morgan fingerprint density at radius 1 is 1.21 bits per heavy atom. The van der Waals surface area contributed by atoms with Crippen LogP contribution in [-0.4, -0.2) is 32.6 Å². The Labute approximate surface area is 113 Å². The fraction of sp³-hybridized carbons (Fsp3) is 0.400. The Morgan fingerprint density at radius 3 is 2.32 bits per heavy atom. The van der Waals surface area contributed by atoms with Gasteiger partial charge < -0.3 is 5.73 Å². The maximum absolute atomic E-state index is 11.9. The van der Waals surface area contributed by atoms with Crippen LogP contribution in [0.2, 0.25) is 0 Å². The second kappa shape index (κ2) is 6.49. The number of hydrogen-bond acceptors (Lipinski definition) is 4. The SMILES string of the molecule is Nc1ccc(SCCS(=O)(=O)NCC(F)(F)F)cc1. The molecule has 0 saturated heterocycles. The fourth-order valence-electron chi connectivity index (χ4n) is 1.10. The van der Waals surface area contributed by atoms with E-state index in [1.165, 1.54) is 16.5 Å². The quantitative estimate of drug-likeness (QED) is 0.621. The first-order valence-corrected chi connectivity index (χ1v) is 7.84. The Morgan fingerprint density at radius 2 is 1.79 bits per heavy atom. The third-order valence-corrected chi connectivity index (χ3v) is 4.59. The largest absolute Gasteiger partial charge is 0.402 e. The van der Waals surface area contributed by atoms with Gasteiger partial charge in [-0.15, -0.1) is 11.8 Å². The van der Waals surface area contributed by atoms with Crippen molar-refractivity contribution in [3.63, 3.8) is 0 Å². The van der Waals surface area contributed by atoms with Crippen molar-refractivity contribution >= 4 is 27.5 Å². The molecule has 0 radical (unpaired) electrons. The summed E-state index contributed by atoms with van der Waals surface area (Å²) >= 11 is 1.23. The van der Waals surface area contributed by atoms with Gasteiger partial charge in [0.05, 0.1) is 5.75 Å². The van der Waals surface area contributed by atoms with Crippen LogP contribution in [-0.2, 0) is 10.0 Å². The van der Waals surface area contributed by atoms with E-state index in [1.807, 2.05) is 0 Å². The average Bonchev–Trinajstić information content (AvgIpc) is 2.29. The molecule has 0 heterocycles. The van der Waals surface area contributed by atoms with Crippen LogP contribution in [0.5, 0.6) is 0 Å². The van der Waals surface area contributed by atoms with Crippen molar-refractivity contribution in [3.8, 4) is 0 Å². The number of anilines is 1. The van der Waals surface area contributed by atoms with Gasteiger partial charge in [0.15, 0.2) is 0 Å². The van der Waals surface area contributed by atoms with Crippen LogP contribution >= 0.6 is 11.8 Å². The number of sulfonamides is 1. The molecule has 0 spiro atoms. The summed E-state index contributed by atoms with van der Waals surface area (Å²) in [5.74, 6) is -0.213. The number of nitrogen functional groups attached to an aromatic ring is 1. The summed E-state index contributed by atoms with van der Waals surface area (Å²) in [6, 6.07) is 6.77. The number of hydrogen-bond donors (Lipinski definition) is 2. The van der Waals surface area contributed by atoms with Gasteiger partial charge in [0.1, 0.15) is 6.54 Å². The van der Waals surface area contributed by atoms with E-state index in [-0.39, 0.29) is 11.5 Å². The lowest BCUT2D eigenvalue weighted by atomic mass is 10.3. The van der Waals surface area contributed by atoms with Crippen LogP contribution in [0, 0.1) is 0 Å². The molecule has 0 aliphatic carbocycles. The summed E-state index contributed by atoms with van der Waals surface area (Å²) in [6.07, 6.45) is -4.54. The number of nitrogens with one attached hydrogen (secondary N) is 1.